The number of benzene rings is 1. The van der Waals surface area contributed by atoms with Crippen molar-refractivity contribution in [3.63, 3.8) is 0 Å². The largest absolute Gasteiger partial charge is 0.459 e. The summed E-state index contributed by atoms with van der Waals surface area (Å²) in [4.78, 5) is 7.03. The van der Waals surface area contributed by atoms with Crippen molar-refractivity contribution >= 4 is 33.0 Å². The van der Waals surface area contributed by atoms with Crippen LogP contribution in [0.5, 0.6) is 0 Å². The molecule has 0 N–H and O–H groups in total. The molecule has 3 aromatic rings. The molecular formula is C19H20ClN3O3S2. The van der Waals surface area contributed by atoms with Crippen molar-refractivity contribution in [1.29, 1.82) is 0 Å². The van der Waals surface area contributed by atoms with Gasteiger partial charge >= 0.3 is 0 Å². The lowest BCUT2D eigenvalue weighted by molar-refractivity contribution is 0.180. The fraction of sp³-hybridized carbons (Fsp3) is 0.316. The van der Waals surface area contributed by atoms with E-state index >= 15 is 0 Å². The zero-order valence-corrected chi connectivity index (χ0v) is 17.7. The first-order chi connectivity index (χ1) is 13.4. The summed E-state index contributed by atoms with van der Waals surface area (Å²) in [5.74, 6) is 1.65. The van der Waals surface area contributed by atoms with Crippen LogP contribution in [0.3, 0.4) is 0 Å². The van der Waals surface area contributed by atoms with E-state index in [9.17, 15) is 8.42 Å². The number of furan rings is 1. The van der Waals surface area contributed by atoms with Crippen LogP contribution in [0.15, 0.2) is 51.1 Å². The van der Waals surface area contributed by atoms with E-state index in [1.165, 1.54) is 4.31 Å². The van der Waals surface area contributed by atoms with Gasteiger partial charge in [0.15, 0.2) is 10.8 Å². The Kier molecular flexibility index (Phi) is 5.57. The van der Waals surface area contributed by atoms with Crippen molar-refractivity contribution in [3.8, 4) is 10.8 Å². The number of rotatable bonds is 5. The summed E-state index contributed by atoms with van der Waals surface area (Å²) in [6, 6.07) is 10.4. The van der Waals surface area contributed by atoms with Crippen molar-refractivity contribution in [1.82, 2.24) is 14.2 Å². The van der Waals surface area contributed by atoms with Gasteiger partial charge in [-0.15, -0.1) is 11.3 Å². The molecule has 0 saturated carbocycles. The van der Waals surface area contributed by atoms with Crippen molar-refractivity contribution in [2.75, 3.05) is 26.2 Å². The van der Waals surface area contributed by atoms with Crippen LogP contribution < -0.4 is 0 Å². The molecule has 0 radical (unpaired) electrons. The number of hydrogen-bond donors (Lipinski definition) is 0. The molecule has 3 heterocycles. The Labute approximate surface area is 173 Å². The molecule has 4 rings (SSSR count). The highest BCUT2D eigenvalue weighted by atomic mass is 35.5. The minimum Gasteiger partial charge on any atom is -0.459 e. The molecule has 0 unspecified atom stereocenters. The van der Waals surface area contributed by atoms with Gasteiger partial charge in [0.25, 0.3) is 0 Å². The van der Waals surface area contributed by atoms with Gasteiger partial charge in [-0.25, -0.2) is 13.4 Å². The van der Waals surface area contributed by atoms with Crippen molar-refractivity contribution in [3.05, 3.63) is 58.3 Å². The summed E-state index contributed by atoms with van der Waals surface area (Å²) in [6.07, 6.45) is 0. The number of piperazine rings is 1. The Morgan fingerprint density at radius 2 is 1.89 bits per heavy atom. The second-order valence-electron chi connectivity index (χ2n) is 6.66. The van der Waals surface area contributed by atoms with Crippen molar-refractivity contribution in [2.45, 2.75) is 18.4 Å². The van der Waals surface area contributed by atoms with Crippen molar-refractivity contribution < 1.29 is 12.8 Å². The van der Waals surface area contributed by atoms with Crippen LogP contribution in [0.4, 0.5) is 0 Å². The summed E-state index contributed by atoms with van der Waals surface area (Å²) >= 11 is 7.64. The first-order valence-corrected chi connectivity index (χ1v) is 11.6. The lowest BCUT2D eigenvalue weighted by Crippen LogP contribution is -2.48. The van der Waals surface area contributed by atoms with Gasteiger partial charge in [-0.3, -0.25) is 4.90 Å². The maximum Gasteiger partial charge on any atom is 0.244 e. The van der Waals surface area contributed by atoms with Gasteiger partial charge in [0, 0.05) is 38.1 Å². The normalized spacial score (nSPS) is 16.5. The molecule has 1 aromatic carbocycles. The van der Waals surface area contributed by atoms with Crippen LogP contribution >= 0.6 is 22.9 Å². The van der Waals surface area contributed by atoms with Gasteiger partial charge in [-0.2, -0.15) is 4.31 Å². The van der Waals surface area contributed by atoms with Gasteiger partial charge in [0.2, 0.25) is 10.0 Å². The van der Waals surface area contributed by atoms with Crippen LogP contribution in [0.1, 0.15) is 11.5 Å². The molecule has 28 heavy (non-hydrogen) atoms. The molecule has 1 aliphatic heterocycles. The predicted molar refractivity (Wildman–Crippen MR) is 110 cm³/mol. The van der Waals surface area contributed by atoms with E-state index in [-0.39, 0.29) is 9.92 Å². The highest BCUT2D eigenvalue weighted by molar-refractivity contribution is 7.89. The third-order valence-corrected chi connectivity index (χ3v) is 7.98. The fourth-order valence-corrected chi connectivity index (χ4v) is 5.88. The van der Waals surface area contributed by atoms with E-state index in [2.05, 4.69) is 9.88 Å². The zero-order valence-electron chi connectivity index (χ0n) is 15.3. The molecule has 0 amide bonds. The number of nitrogens with zero attached hydrogens (tertiary/aromatic N) is 3. The lowest BCUT2D eigenvalue weighted by Gasteiger charge is -2.33. The molecule has 0 bridgehead atoms. The van der Waals surface area contributed by atoms with E-state index in [0.29, 0.717) is 32.7 Å². The minimum absolute atomic E-state index is 0.169. The topological polar surface area (TPSA) is 66.7 Å². The van der Waals surface area contributed by atoms with Crippen LogP contribution in [-0.4, -0.2) is 48.8 Å². The van der Waals surface area contributed by atoms with Gasteiger partial charge in [0.05, 0.1) is 10.7 Å². The zero-order chi connectivity index (χ0) is 19.7. The van der Waals surface area contributed by atoms with E-state index in [1.54, 1.807) is 35.6 Å². The summed E-state index contributed by atoms with van der Waals surface area (Å²) in [7, 11) is -3.57. The van der Waals surface area contributed by atoms with E-state index in [1.807, 2.05) is 24.4 Å². The Morgan fingerprint density at radius 3 is 2.57 bits per heavy atom. The van der Waals surface area contributed by atoms with E-state index in [4.69, 9.17) is 16.0 Å². The Morgan fingerprint density at radius 1 is 1.14 bits per heavy atom. The monoisotopic (exact) mass is 437 g/mol. The van der Waals surface area contributed by atoms with E-state index < -0.39 is 10.0 Å². The molecule has 1 fully saturated rings. The summed E-state index contributed by atoms with van der Waals surface area (Å²) in [6.45, 7) is 4.76. The van der Waals surface area contributed by atoms with Gasteiger partial charge < -0.3 is 4.42 Å². The SMILES string of the molecule is Cc1ccc(-c2nc(CN3CCN(S(=O)(=O)c4ccccc4Cl)CC3)cs2)o1. The molecule has 1 aliphatic rings. The average molecular weight is 438 g/mol. The number of halogens is 1. The lowest BCUT2D eigenvalue weighted by atomic mass is 10.3. The molecule has 6 nitrogen and oxygen atoms in total. The van der Waals surface area contributed by atoms with Crippen LogP contribution in [0.2, 0.25) is 5.02 Å². The summed E-state index contributed by atoms with van der Waals surface area (Å²) < 4.78 is 32.8. The third-order valence-electron chi connectivity index (χ3n) is 4.67. The standard InChI is InChI=1S/C19H20ClN3O3S2/c1-14-6-7-17(26-14)19-21-15(13-27-19)12-22-8-10-23(11-9-22)28(24,25)18-5-3-2-4-16(18)20/h2-7,13H,8-12H2,1H3. The first-order valence-electron chi connectivity index (χ1n) is 8.92. The summed E-state index contributed by atoms with van der Waals surface area (Å²) in [5.41, 5.74) is 0.969. The van der Waals surface area contributed by atoms with Crippen molar-refractivity contribution in [2.24, 2.45) is 0 Å². The van der Waals surface area contributed by atoms with Gasteiger partial charge in [0.1, 0.15) is 10.7 Å². The first kappa shape index (κ1) is 19.6. The molecule has 1 saturated heterocycles. The maximum atomic E-state index is 12.8. The van der Waals surface area contributed by atoms with Crippen LogP contribution in [0, 0.1) is 6.92 Å². The molecule has 2 aromatic heterocycles. The third kappa shape index (κ3) is 4.01. The Balaban J connectivity index is 1.38. The smallest absolute Gasteiger partial charge is 0.244 e. The number of aryl methyl sites for hydroxylation is 1. The molecule has 0 aliphatic carbocycles. The van der Waals surface area contributed by atoms with E-state index in [0.717, 1.165) is 22.2 Å². The maximum absolute atomic E-state index is 12.8. The highest BCUT2D eigenvalue weighted by Gasteiger charge is 2.30. The molecule has 148 valence electrons. The second kappa shape index (κ2) is 7.96. The quantitative estimate of drug-likeness (QED) is 0.606. The predicted octanol–water partition coefficient (Wildman–Crippen LogP) is 3.87. The van der Waals surface area contributed by atoms with Gasteiger partial charge in [-0.1, -0.05) is 23.7 Å². The number of aromatic nitrogens is 1. The molecule has 9 heteroatoms. The van der Waals surface area contributed by atoms with Gasteiger partial charge in [-0.05, 0) is 31.2 Å². The molecule has 0 spiro atoms. The molecular weight excluding hydrogens is 418 g/mol. The van der Waals surface area contributed by atoms with Crippen LogP contribution in [0.25, 0.3) is 10.8 Å². The second-order valence-corrected chi connectivity index (χ2v) is 9.84. The minimum atomic E-state index is -3.57. The Hall–Kier alpha value is -1.71. The number of thiazole rings is 1. The summed E-state index contributed by atoms with van der Waals surface area (Å²) in [5, 5.41) is 3.15. The number of hydrogen-bond acceptors (Lipinski definition) is 6. The number of sulfonamides is 1. The Bertz CT molecular complexity index is 1070. The van der Waals surface area contributed by atoms with Crippen LogP contribution in [-0.2, 0) is 16.6 Å². The molecule has 0 atom stereocenters. The average Bonchev–Trinajstić information content (AvgIpc) is 3.31. The fourth-order valence-electron chi connectivity index (χ4n) is 3.19. The highest BCUT2D eigenvalue weighted by Crippen LogP contribution is 2.27.